The fourth-order valence-electron chi connectivity index (χ4n) is 4.84. The van der Waals surface area contributed by atoms with Crippen molar-refractivity contribution >= 4 is 22.4 Å². The number of aryl methyl sites for hydroxylation is 1. The summed E-state index contributed by atoms with van der Waals surface area (Å²) >= 11 is 0. The molecule has 3 heterocycles. The molecule has 0 unspecified atom stereocenters. The molecule has 2 aromatic carbocycles. The minimum absolute atomic E-state index is 0.324. The lowest BCUT2D eigenvalue weighted by Crippen LogP contribution is -2.51. The summed E-state index contributed by atoms with van der Waals surface area (Å²) in [5, 5.41) is 15.1. The lowest BCUT2D eigenvalue weighted by atomic mass is 9.70. The highest BCUT2D eigenvalue weighted by Crippen LogP contribution is 2.42. The van der Waals surface area contributed by atoms with E-state index >= 15 is 0 Å². The van der Waals surface area contributed by atoms with Crippen LogP contribution in [0.5, 0.6) is 0 Å². The van der Waals surface area contributed by atoms with Gasteiger partial charge in [-0.15, -0.1) is 0 Å². The van der Waals surface area contributed by atoms with Gasteiger partial charge in [0.05, 0.1) is 28.6 Å². The van der Waals surface area contributed by atoms with Crippen LogP contribution in [0, 0.1) is 6.92 Å². The van der Waals surface area contributed by atoms with Gasteiger partial charge in [-0.3, -0.25) is 0 Å². The molecule has 5 aromatic rings. The fourth-order valence-corrected chi connectivity index (χ4v) is 4.84. The van der Waals surface area contributed by atoms with Crippen LogP contribution in [0.4, 0.5) is 5.69 Å². The molecule has 0 aliphatic heterocycles. The number of nitrogen functional groups attached to an aromatic ring is 1. The summed E-state index contributed by atoms with van der Waals surface area (Å²) < 4.78 is 1.75. The third-order valence-electron chi connectivity index (χ3n) is 6.59. The van der Waals surface area contributed by atoms with Crippen molar-refractivity contribution < 1.29 is 5.11 Å². The lowest BCUT2D eigenvalue weighted by molar-refractivity contribution is 0.0209. The van der Waals surface area contributed by atoms with Crippen LogP contribution < -0.4 is 11.5 Å². The van der Waals surface area contributed by atoms with Crippen molar-refractivity contribution in [1.29, 1.82) is 0 Å². The van der Waals surface area contributed by atoms with E-state index in [0.29, 0.717) is 24.2 Å². The predicted octanol–water partition coefficient (Wildman–Crippen LogP) is 3.81. The number of hydrogen-bond acceptors (Lipinski definition) is 6. The van der Waals surface area contributed by atoms with Crippen molar-refractivity contribution in [3.8, 4) is 22.4 Å². The number of rotatable bonds is 3. The maximum Gasteiger partial charge on any atom is 0.167 e. The van der Waals surface area contributed by atoms with Gasteiger partial charge < -0.3 is 16.6 Å². The molecule has 0 amide bonds. The zero-order valence-electron chi connectivity index (χ0n) is 18.2. The van der Waals surface area contributed by atoms with Crippen LogP contribution in [0.2, 0.25) is 0 Å². The second-order valence-corrected chi connectivity index (χ2v) is 8.96. The molecule has 0 radical (unpaired) electrons. The van der Waals surface area contributed by atoms with E-state index < -0.39 is 5.54 Å². The summed E-state index contributed by atoms with van der Waals surface area (Å²) in [7, 11) is 0. The van der Waals surface area contributed by atoms with Crippen LogP contribution in [0.1, 0.15) is 24.1 Å². The van der Waals surface area contributed by atoms with Crippen molar-refractivity contribution in [2.24, 2.45) is 5.73 Å². The molecule has 5 N–H and O–H groups in total. The van der Waals surface area contributed by atoms with Crippen LogP contribution >= 0.6 is 0 Å². The van der Waals surface area contributed by atoms with Crippen molar-refractivity contribution in [1.82, 2.24) is 19.6 Å². The monoisotopic (exact) mass is 436 g/mol. The molecule has 6 rings (SSSR count). The molecule has 0 saturated heterocycles. The first kappa shape index (κ1) is 19.8. The van der Waals surface area contributed by atoms with Crippen LogP contribution in [-0.4, -0.2) is 30.8 Å². The summed E-state index contributed by atoms with van der Waals surface area (Å²) in [6.45, 7) is 1.93. The summed E-state index contributed by atoms with van der Waals surface area (Å²) in [5.74, 6) is 0. The van der Waals surface area contributed by atoms with Crippen LogP contribution in [0.15, 0.2) is 66.9 Å². The van der Waals surface area contributed by atoms with E-state index in [2.05, 4.69) is 10.1 Å². The Morgan fingerprint density at radius 2 is 1.76 bits per heavy atom. The van der Waals surface area contributed by atoms with Gasteiger partial charge in [0.25, 0.3) is 0 Å². The fraction of sp³-hybridized carbons (Fsp3) is 0.192. The van der Waals surface area contributed by atoms with Gasteiger partial charge in [0.1, 0.15) is 0 Å². The number of nitrogens with zero attached hydrogens (tertiary/aromatic N) is 4. The number of benzene rings is 2. The number of aliphatic hydroxyl groups is 1. The Bertz CT molecular complexity index is 1500. The molecule has 1 aliphatic carbocycles. The van der Waals surface area contributed by atoms with Gasteiger partial charge in [0.15, 0.2) is 11.3 Å². The second-order valence-electron chi connectivity index (χ2n) is 8.96. The standard InChI is InChI=1S/C26H24N6O/c1-15-11-21-29-14-20-23(27)22(16-5-3-2-4-6-16)24(30-25(20)32(21)31-15)17-7-9-18(10-8-17)26(28)12-19(33)13-26/h2-11,14,19,33H,12-13,28H2,1H3,(H2,27,30). The Morgan fingerprint density at radius 3 is 2.45 bits per heavy atom. The van der Waals surface area contributed by atoms with Gasteiger partial charge in [0, 0.05) is 28.9 Å². The summed E-state index contributed by atoms with van der Waals surface area (Å²) in [4.78, 5) is 9.61. The third-order valence-corrected chi connectivity index (χ3v) is 6.59. The molecular weight excluding hydrogens is 412 g/mol. The molecule has 3 aromatic heterocycles. The van der Waals surface area contributed by atoms with Gasteiger partial charge >= 0.3 is 0 Å². The SMILES string of the molecule is Cc1cc2ncc3c(N)c(-c4ccccc4)c(-c4ccc(C5(N)CC(O)C5)cc4)nc3n2n1. The molecule has 0 spiro atoms. The summed E-state index contributed by atoms with van der Waals surface area (Å²) in [5.41, 5.74) is 20.2. The van der Waals surface area contributed by atoms with Gasteiger partial charge in [-0.05, 0) is 30.9 Å². The zero-order valence-corrected chi connectivity index (χ0v) is 18.2. The minimum Gasteiger partial charge on any atom is -0.398 e. The second kappa shape index (κ2) is 7.10. The predicted molar refractivity (Wildman–Crippen MR) is 129 cm³/mol. The maximum absolute atomic E-state index is 9.74. The first-order chi connectivity index (χ1) is 15.9. The number of aliphatic hydroxyl groups excluding tert-OH is 1. The topological polar surface area (TPSA) is 115 Å². The Kier molecular flexibility index (Phi) is 4.27. The number of pyridine rings is 1. The number of fused-ring (bicyclic) bond motifs is 3. The largest absolute Gasteiger partial charge is 0.398 e. The zero-order chi connectivity index (χ0) is 22.7. The van der Waals surface area contributed by atoms with E-state index in [0.717, 1.165) is 44.7 Å². The Morgan fingerprint density at radius 1 is 1.03 bits per heavy atom. The maximum atomic E-state index is 9.74. The summed E-state index contributed by atoms with van der Waals surface area (Å²) in [6, 6.07) is 20.1. The molecule has 7 heteroatoms. The van der Waals surface area contributed by atoms with E-state index in [1.54, 1.807) is 10.7 Å². The number of nitrogens with two attached hydrogens (primary N) is 2. The van der Waals surface area contributed by atoms with E-state index in [1.807, 2.05) is 67.6 Å². The highest BCUT2D eigenvalue weighted by molar-refractivity contribution is 6.02. The van der Waals surface area contributed by atoms with Gasteiger partial charge in [-0.1, -0.05) is 54.6 Å². The quantitative estimate of drug-likeness (QED) is 0.396. The Hall–Kier alpha value is -3.81. The van der Waals surface area contributed by atoms with Crippen LogP contribution in [-0.2, 0) is 5.54 Å². The molecular formula is C26H24N6O. The lowest BCUT2D eigenvalue weighted by Gasteiger charge is -2.42. The van der Waals surface area contributed by atoms with Crippen molar-refractivity contribution in [3.63, 3.8) is 0 Å². The molecule has 7 nitrogen and oxygen atoms in total. The van der Waals surface area contributed by atoms with Gasteiger partial charge in [-0.25, -0.2) is 9.97 Å². The average molecular weight is 437 g/mol. The molecule has 1 fully saturated rings. The van der Waals surface area contributed by atoms with Crippen LogP contribution in [0.25, 0.3) is 39.1 Å². The van der Waals surface area contributed by atoms with Crippen LogP contribution in [0.3, 0.4) is 0 Å². The van der Waals surface area contributed by atoms with Crippen molar-refractivity contribution in [2.45, 2.75) is 31.4 Å². The van der Waals surface area contributed by atoms with Crippen molar-refractivity contribution in [2.75, 3.05) is 5.73 Å². The number of anilines is 1. The smallest absolute Gasteiger partial charge is 0.167 e. The van der Waals surface area contributed by atoms with Gasteiger partial charge in [0.2, 0.25) is 0 Å². The molecule has 164 valence electrons. The summed E-state index contributed by atoms with van der Waals surface area (Å²) in [6.07, 6.45) is 2.60. The molecule has 33 heavy (non-hydrogen) atoms. The first-order valence-electron chi connectivity index (χ1n) is 11.0. The Labute approximate surface area is 190 Å². The normalized spacial score (nSPS) is 20.3. The Balaban J connectivity index is 1.60. The highest BCUT2D eigenvalue weighted by atomic mass is 16.3. The highest BCUT2D eigenvalue weighted by Gasteiger charge is 2.41. The number of hydrogen-bond donors (Lipinski definition) is 3. The molecule has 0 atom stereocenters. The average Bonchev–Trinajstić information content (AvgIpc) is 3.19. The van der Waals surface area contributed by atoms with E-state index in [1.165, 1.54) is 0 Å². The van der Waals surface area contributed by atoms with E-state index in [-0.39, 0.29) is 6.10 Å². The number of aromatic nitrogens is 4. The van der Waals surface area contributed by atoms with E-state index in [4.69, 9.17) is 16.5 Å². The third kappa shape index (κ3) is 3.08. The van der Waals surface area contributed by atoms with Crippen molar-refractivity contribution in [3.05, 3.63) is 78.1 Å². The molecule has 1 saturated carbocycles. The van der Waals surface area contributed by atoms with Gasteiger partial charge in [-0.2, -0.15) is 9.61 Å². The minimum atomic E-state index is -0.472. The van der Waals surface area contributed by atoms with E-state index in [9.17, 15) is 5.11 Å². The first-order valence-corrected chi connectivity index (χ1v) is 11.0. The molecule has 1 aliphatic rings. The molecule has 0 bridgehead atoms.